The number of carboxylic acids is 2. The summed E-state index contributed by atoms with van der Waals surface area (Å²) in [7, 11) is 0. The van der Waals surface area contributed by atoms with Gasteiger partial charge in [-0.15, -0.1) is 0 Å². The Balaban J connectivity index is 0.000000122. The number of hydrogen-bond acceptors (Lipinski definition) is 10. The van der Waals surface area contributed by atoms with Crippen LogP contribution in [0.1, 0.15) is 73.9 Å². The molecule has 0 bridgehead atoms. The Morgan fingerprint density at radius 1 is 0.429 bits per heavy atom. The van der Waals surface area contributed by atoms with Crippen LogP contribution in [-0.4, -0.2) is 91.7 Å². The van der Waals surface area contributed by atoms with Crippen molar-refractivity contribution in [3.63, 3.8) is 0 Å². The van der Waals surface area contributed by atoms with Gasteiger partial charge in [-0.2, -0.15) is 0 Å². The molecule has 0 radical (unpaired) electrons. The van der Waals surface area contributed by atoms with Crippen molar-refractivity contribution in [2.75, 3.05) is 46.2 Å². The average molecular weight is 945 g/mol. The van der Waals surface area contributed by atoms with Gasteiger partial charge in [-0.1, -0.05) is 146 Å². The summed E-state index contributed by atoms with van der Waals surface area (Å²) >= 11 is 0. The van der Waals surface area contributed by atoms with E-state index in [2.05, 4.69) is 97.1 Å². The molecule has 6 aromatic rings. The molecule has 3 fully saturated rings. The fourth-order valence-corrected chi connectivity index (χ4v) is 11.1. The van der Waals surface area contributed by atoms with Gasteiger partial charge in [0.05, 0.1) is 75.3 Å². The zero-order chi connectivity index (χ0) is 48.9. The van der Waals surface area contributed by atoms with Crippen LogP contribution in [0.25, 0.3) is 33.4 Å². The first-order valence-electron chi connectivity index (χ1n) is 23.7. The fourth-order valence-electron chi connectivity index (χ4n) is 11.1. The van der Waals surface area contributed by atoms with Gasteiger partial charge in [-0.05, 0) is 87.5 Å². The third kappa shape index (κ3) is 7.93. The van der Waals surface area contributed by atoms with Crippen LogP contribution in [0.2, 0.25) is 0 Å². The van der Waals surface area contributed by atoms with Gasteiger partial charge in [-0.3, -0.25) is 9.59 Å². The van der Waals surface area contributed by atoms with Gasteiger partial charge in [-0.25, -0.2) is 4.79 Å². The van der Waals surface area contributed by atoms with E-state index < -0.39 is 34.7 Å². The third-order valence-corrected chi connectivity index (χ3v) is 14.8. The summed E-state index contributed by atoms with van der Waals surface area (Å²) in [5, 5.41) is 18.3. The van der Waals surface area contributed by atoms with Gasteiger partial charge in [0, 0.05) is 6.92 Å². The Morgan fingerprint density at radius 3 is 0.943 bits per heavy atom. The predicted molar refractivity (Wildman–Crippen MR) is 260 cm³/mol. The van der Waals surface area contributed by atoms with E-state index in [0.29, 0.717) is 46.2 Å². The van der Waals surface area contributed by atoms with E-state index in [1.54, 1.807) is 13.8 Å². The highest BCUT2D eigenvalue weighted by Gasteiger charge is 2.54. The van der Waals surface area contributed by atoms with Crippen molar-refractivity contribution in [1.82, 2.24) is 0 Å². The highest BCUT2D eigenvalue weighted by atomic mass is 16.7. The van der Waals surface area contributed by atoms with Crippen LogP contribution in [0.4, 0.5) is 0 Å². The Hall–Kier alpha value is -6.51. The minimum Gasteiger partial charge on any atom is -0.481 e. The minimum absolute atomic E-state index is 0.0974. The number of hydrogen-bond donors (Lipinski definition) is 2. The van der Waals surface area contributed by atoms with E-state index in [-0.39, 0.29) is 29.6 Å². The number of esters is 1. The monoisotopic (exact) mass is 944 g/mol. The molecule has 0 saturated carbocycles. The lowest BCUT2D eigenvalue weighted by atomic mass is 9.79. The maximum absolute atomic E-state index is 11.8. The second kappa shape index (κ2) is 18.0. The molecule has 3 spiro atoms. The summed E-state index contributed by atoms with van der Waals surface area (Å²) < 4.78 is 40.4. The highest BCUT2D eigenvalue weighted by molar-refractivity contribution is 5.84. The highest BCUT2D eigenvalue weighted by Crippen LogP contribution is 2.54. The molecular formula is C58H56O12. The van der Waals surface area contributed by atoms with Crippen LogP contribution in [-0.2, 0) is 63.8 Å². The largest absolute Gasteiger partial charge is 0.481 e. The minimum atomic E-state index is -1.57. The molecule has 70 heavy (non-hydrogen) atoms. The first-order valence-corrected chi connectivity index (χ1v) is 23.7. The zero-order valence-electron chi connectivity index (χ0n) is 39.7. The molecule has 3 saturated heterocycles. The molecular weight excluding hydrogens is 889 g/mol. The normalized spacial score (nSPS) is 22.6. The number of fused-ring (bicyclic) bond motifs is 15. The van der Waals surface area contributed by atoms with Gasteiger partial charge in [0.1, 0.15) is 0 Å². The van der Waals surface area contributed by atoms with Crippen LogP contribution >= 0.6 is 0 Å². The van der Waals surface area contributed by atoms with E-state index in [1.165, 1.54) is 62.6 Å². The van der Waals surface area contributed by atoms with E-state index in [0.717, 1.165) is 11.1 Å². The standard InChI is InChI=1S/C21H22O4.C19H18O4.C18H16O4/c1-3-23-19(22)12-20(2)24-13-21(14-25-20)17-10-6-4-8-15(17)16-9-5-7-11-18(16)21;1-18(10-17(20)21)22-11-19(12-23-18)15-8-4-2-6-13(15)14-7-3-5-9-16(14)19;1-17(16(19)20)21-10-18(11-22-17)14-8-4-2-6-12(14)13-7-3-5-9-15(13)18/h4-11H,3,12-14H2,1-2H3;2-9H,10-12H2,1H3,(H,20,21);2-9H,10-11H2,1H3,(H,19,20). The Bertz CT molecular complexity index is 2830. The molecule has 360 valence electrons. The molecule has 12 heteroatoms. The molecule has 0 unspecified atom stereocenters. The van der Waals surface area contributed by atoms with Crippen molar-refractivity contribution < 1.29 is 57.8 Å². The lowest BCUT2D eigenvalue weighted by Crippen LogP contribution is -2.54. The van der Waals surface area contributed by atoms with Gasteiger partial charge >= 0.3 is 17.9 Å². The number of rotatable bonds is 6. The van der Waals surface area contributed by atoms with Crippen molar-refractivity contribution in [3.8, 4) is 33.4 Å². The van der Waals surface area contributed by atoms with Crippen molar-refractivity contribution in [2.24, 2.45) is 0 Å². The van der Waals surface area contributed by atoms with Crippen LogP contribution in [0, 0.1) is 0 Å². The molecule has 12 nitrogen and oxygen atoms in total. The van der Waals surface area contributed by atoms with Crippen LogP contribution in [0.15, 0.2) is 146 Å². The molecule has 12 rings (SSSR count). The summed E-state index contributed by atoms with van der Waals surface area (Å²) in [5.74, 6) is -5.89. The van der Waals surface area contributed by atoms with Gasteiger partial charge in [0.25, 0.3) is 5.79 Å². The van der Waals surface area contributed by atoms with E-state index >= 15 is 0 Å². The topological polar surface area (TPSA) is 156 Å². The lowest BCUT2D eigenvalue weighted by molar-refractivity contribution is -0.276. The third-order valence-electron chi connectivity index (χ3n) is 14.8. The van der Waals surface area contributed by atoms with E-state index in [9.17, 15) is 19.5 Å². The number of carboxylic acid groups (broad SMARTS) is 2. The first kappa shape index (κ1) is 47.2. The average Bonchev–Trinajstić information content (AvgIpc) is 3.92. The first-order chi connectivity index (χ1) is 33.7. The summed E-state index contributed by atoms with van der Waals surface area (Å²) in [6.07, 6.45) is -0.0629. The number of ether oxygens (including phenoxy) is 7. The van der Waals surface area contributed by atoms with Crippen molar-refractivity contribution in [3.05, 3.63) is 179 Å². The smallest absolute Gasteiger partial charge is 0.364 e. The predicted octanol–water partition coefficient (Wildman–Crippen LogP) is 9.66. The molecule has 6 aliphatic rings. The number of aliphatic carboxylic acids is 2. The van der Waals surface area contributed by atoms with Crippen molar-refractivity contribution in [2.45, 2.75) is 74.1 Å². The van der Waals surface area contributed by atoms with Gasteiger partial charge in [0.2, 0.25) is 0 Å². The van der Waals surface area contributed by atoms with Gasteiger partial charge in [0.15, 0.2) is 11.6 Å². The molecule has 0 atom stereocenters. The maximum Gasteiger partial charge on any atom is 0.364 e. The summed E-state index contributed by atoms with van der Waals surface area (Å²) in [6.45, 7) is 9.51. The molecule has 3 aliphatic heterocycles. The molecule has 3 heterocycles. The Kier molecular flexibility index (Phi) is 12.1. The van der Waals surface area contributed by atoms with E-state index in [1.807, 2.05) is 55.5 Å². The number of carbonyl (C=O) groups excluding carboxylic acids is 1. The van der Waals surface area contributed by atoms with Crippen molar-refractivity contribution in [1.29, 1.82) is 0 Å². The Morgan fingerprint density at radius 2 is 0.686 bits per heavy atom. The SMILES string of the molecule is CC1(C(=O)O)OCC2(CO1)c1ccccc1-c1ccccc12.CC1(CC(=O)O)OCC2(CO1)c1ccccc1-c1ccccc12.CCOC(=O)CC1(C)OCC2(CO1)c1ccccc1-c1ccccc12. The van der Waals surface area contributed by atoms with E-state index in [4.69, 9.17) is 38.3 Å². The summed E-state index contributed by atoms with van der Waals surface area (Å²) in [4.78, 5) is 34.2. The lowest BCUT2D eigenvalue weighted by Gasteiger charge is -2.43. The van der Waals surface area contributed by atoms with Crippen LogP contribution < -0.4 is 0 Å². The molecule has 6 aromatic carbocycles. The second-order valence-corrected chi connectivity index (χ2v) is 19.3. The summed E-state index contributed by atoms with van der Waals surface area (Å²) in [6, 6.07) is 49.8. The van der Waals surface area contributed by atoms with Crippen molar-refractivity contribution >= 4 is 17.9 Å². The quantitative estimate of drug-likeness (QED) is 0.153. The molecule has 0 aromatic heterocycles. The number of carbonyl (C=O) groups is 3. The number of benzene rings is 6. The fraction of sp³-hybridized carbons (Fsp3) is 0.328. The Labute approximate surface area is 407 Å². The van der Waals surface area contributed by atoms with Crippen LogP contribution in [0.5, 0.6) is 0 Å². The van der Waals surface area contributed by atoms with Gasteiger partial charge < -0.3 is 43.4 Å². The maximum atomic E-state index is 11.8. The molecule has 3 aliphatic carbocycles. The second-order valence-electron chi connectivity index (χ2n) is 19.3. The molecule has 2 N–H and O–H groups in total. The zero-order valence-corrected chi connectivity index (χ0v) is 39.7. The summed E-state index contributed by atoms with van der Waals surface area (Å²) in [5.41, 5.74) is 13.3. The van der Waals surface area contributed by atoms with Crippen LogP contribution in [0.3, 0.4) is 0 Å². The molecule has 0 amide bonds.